The molecule has 1 aromatic carbocycles. The van der Waals surface area contributed by atoms with E-state index < -0.39 is 21.1 Å². The minimum absolute atomic E-state index is 0. The summed E-state index contributed by atoms with van der Waals surface area (Å²) in [5.74, 6) is 0.0461. The van der Waals surface area contributed by atoms with E-state index in [9.17, 15) is 14.0 Å². The molecule has 0 aliphatic rings. The van der Waals surface area contributed by atoms with Crippen LogP contribution >= 0.6 is 15.6 Å². The van der Waals surface area contributed by atoms with Crippen LogP contribution in [0.4, 0.5) is 0 Å². The summed E-state index contributed by atoms with van der Waals surface area (Å²) < 4.78 is 31.3. The maximum absolute atomic E-state index is 11.8. The van der Waals surface area contributed by atoms with E-state index in [-0.39, 0.29) is 30.0 Å². The molecule has 0 saturated carbocycles. The number of benzene rings is 1. The van der Waals surface area contributed by atoms with E-state index >= 15 is 0 Å². The summed E-state index contributed by atoms with van der Waals surface area (Å²) in [6.07, 6.45) is 0. The fourth-order valence-corrected chi connectivity index (χ4v) is 3.55. The molecule has 0 aliphatic carbocycles. The number of rotatable bonds is 4. The van der Waals surface area contributed by atoms with Gasteiger partial charge in [0.1, 0.15) is 5.75 Å². The predicted molar refractivity (Wildman–Crippen MR) is 94.6 cm³/mol. The summed E-state index contributed by atoms with van der Waals surface area (Å²) in [5.41, 5.74) is 1.08. The molecule has 1 rings (SSSR count). The van der Waals surface area contributed by atoms with E-state index in [2.05, 4.69) is 4.31 Å². The van der Waals surface area contributed by atoms with Crippen molar-refractivity contribution in [2.24, 2.45) is 0 Å². The molecule has 1 atom stereocenters. The summed E-state index contributed by atoms with van der Waals surface area (Å²) in [6.45, 7) is 11.8. The van der Waals surface area contributed by atoms with Crippen LogP contribution in [0.1, 0.15) is 52.7 Å². The third-order valence-electron chi connectivity index (χ3n) is 3.08. The Morgan fingerprint density at radius 2 is 1.42 bits per heavy atom. The topological polar surface area (TPSA) is 113 Å². The number of hydrogen-bond donors (Lipinski definition) is 3. The first-order chi connectivity index (χ1) is 10.0. The normalized spacial score (nSPS) is 15.4. The fourth-order valence-electron chi connectivity index (χ4n) is 1.94. The molecule has 0 aromatic heterocycles. The van der Waals surface area contributed by atoms with Crippen molar-refractivity contribution in [1.82, 2.24) is 0 Å². The van der Waals surface area contributed by atoms with Crippen LogP contribution in [0.5, 0.6) is 5.75 Å². The maximum atomic E-state index is 11.8. The van der Waals surface area contributed by atoms with Gasteiger partial charge in [0.15, 0.2) is 0 Å². The summed E-state index contributed by atoms with van der Waals surface area (Å²) in [5, 5.41) is 0. The molecule has 0 amide bonds. The van der Waals surface area contributed by atoms with Gasteiger partial charge in [0.05, 0.1) is 0 Å². The van der Waals surface area contributed by atoms with Gasteiger partial charge in [-0.15, -0.1) is 0 Å². The van der Waals surface area contributed by atoms with Gasteiger partial charge in [-0.3, -0.25) is 4.89 Å². The van der Waals surface area contributed by atoms with E-state index in [0.29, 0.717) is 5.56 Å². The quantitative estimate of drug-likeness (QED) is 0.548. The Morgan fingerprint density at radius 3 is 1.79 bits per heavy atom. The zero-order valence-corrected chi connectivity index (χ0v) is 15.9. The number of phosphoric acid groups is 2. The second kappa shape index (κ2) is 7.66. The van der Waals surface area contributed by atoms with Gasteiger partial charge in [-0.1, -0.05) is 53.7 Å². The Hall–Kier alpha value is -0.0826. The zero-order chi connectivity index (χ0) is 18.3. The van der Waals surface area contributed by atoms with Crippen molar-refractivity contribution >= 4 is 34.5 Å². The fraction of sp³-hybridized carbons (Fsp3) is 0.571. The molecule has 7 nitrogen and oxygen atoms in total. The molecule has 0 spiro atoms. The molecule has 0 aliphatic heterocycles. The van der Waals surface area contributed by atoms with E-state index in [1.165, 1.54) is 6.07 Å². The van der Waals surface area contributed by atoms with Crippen LogP contribution in [0, 0.1) is 0 Å². The van der Waals surface area contributed by atoms with Crippen LogP contribution in [0.3, 0.4) is 0 Å². The van der Waals surface area contributed by atoms with Gasteiger partial charge in [0, 0.05) is 5.56 Å². The van der Waals surface area contributed by atoms with Gasteiger partial charge in [-0.2, -0.15) is 4.31 Å². The Bertz CT molecular complexity index is 671. The Balaban J connectivity index is 0.00000529. The molecule has 0 heterocycles. The average Bonchev–Trinajstić information content (AvgIpc) is 2.21. The van der Waals surface area contributed by atoms with Crippen LogP contribution in [0.2, 0.25) is 0 Å². The van der Waals surface area contributed by atoms with Crippen LogP contribution in [-0.4, -0.2) is 33.5 Å². The first-order valence-corrected chi connectivity index (χ1v) is 9.98. The SMILES string of the molecule is CC(C)(C)c1ccc(OP(=O)(O)OP(=O)(O)O)c(C(C)(C)C)c1.[LiH]. The molecule has 10 heteroatoms. The molecule has 1 unspecified atom stereocenters. The molecule has 0 radical (unpaired) electrons. The second-order valence-corrected chi connectivity index (χ2v) is 10.1. The van der Waals surface area contributed by atoms with E-state index in [0.717, 1.165) is 5.56 Å². The number of phosphoric ester groups is 1. The summed E-state index contributed by atoms with van der Waals surface area (Å²) in [6, 6.07) is 5.10. The third kappa shape index (κ3) is 7.43. The second-order valence-electron chi connectivity index (χ2n) is 7.34. The van der Waals surface area contributed by atoms with Crippen molar-refractivity contribution in [3.05, 3.63) is 29.3 Å². The third-order valence-corrected chi connectivity index (χ3v) is 5.18. The molecular weight excluding hydrogens is 349 g/mol. The van der Waals surface area contributed by atoms with Crippen LogP contribution in [0.15, 0.2) is 18.2 Å². The molecule has 0 fully saturated rings. The van der Waals surface area contributed by atoms with Crippen molar-refractivity contribution in [3.8, 4) is 5.75 Å². The molecule has 1 aromatic rings. The monoisotopic (exact) mass is 374 g/mol. The first-order valence-electron chi connectivity index (χ1n) is 6.96. The van der Waals surface area contributed by atoms with Gasteiger partial charge in [-0.05, 0) is 22.5 Å². The van der Waals surface area contributed by atoms with Crippen molar-refractivity contribution in [1.29, 1.82) is 0 Å². The zero-order valence-electron chi connectivity index (χ0n) is 14.1. The van der Waals surface area contributed by atoms with E-state index in [4.69, 9.17) is 14.3 Å². The molecular formula is C14H25LiO7P2. The molecule has 0 saturated heterocycles. The van der Waals surface area contributed by atoms with Gasteiger partial charge in [0.25, 0.3) is 0 Å². The standard InChI is InChI=1S/C14H24O7P2.Li.H/c1-13(2,3)10-7-8-12(11(9-10)14(4,5)6)20-23(18,19)21-22(15,16)17;;/h7-9H,1-6H3,(H,18,19)(H2,15,16,17);;. The Kier molecular flexibility index (Phi) is 7.63. The summed E-state index contributed by atoms with van der Waals surface area (Å²) in [4.78, 5) is 26.9. The van der Waals surface area contributed by atoms with Crippen molar-refractivity contribution < 1.29 is 32.6 Å². The average molecular weight is 374 g/mol. The van der Waals surface area contributed by atoms with Crippen molar-refractivity contribution in [2.45, 2.75) is 52.4 Å². The molecule has 134 valence electrons. The van der Waals surface area contributed by atoms with Gasteiger partial charge >= 0.3 is 34.5 Å². The van der Waals surface area contributed by atoms with Crippen molar-refractivity contribution in [3.63, 3.8) is 0 Å². The Labute approximate surface area is 154 Å². The van der Waals surface area contributed by atoms with Crippen LogP contribution in [0.25, 0.3) is 0 Å². The van der Waals surface area contributed by atoms with Crippen LogP contribution < -0.4 is 4.52 Å². The molecule has 3 N–H and O–H groups in total. The number of hydrogen-bond acceptors (Lipinski definition) is 4. The minimum atomic E-state index is -5.15. The van der Waals surface area contributed by atoms with Crippen molar-refractivity contribution in [2.75, 3.05) is 0 Å². The van der Waals surface area contributed by atoms with E-state index in [1.807, 2.05) is 47.6 Å². The van der Waals surface area contributed by atoms with Gasteiger partial charge in [0.2, 0.25) is 0 Å². The molecule has 24 heavy (non-hydrogen) atoms. The van der Waals surface area contributed by atoms with E-state index in [1.54, 1.807) is 6.07 Å². The molecule has 0 bridgehead atoms. The van der Waals surface area contributed by atoms with Crippen LogP contribution in [-0.2, 0) is 24.3 Å². The van der Waals surface area contributed by atoms with Gasteiger partial charge < -0.3 is 14.3 Å². The predicted octanol–water partition coefficient (Wildman–Crippen LogP) is 3.22. The van der Waals surface area contributed by atoms with Gasteiger partial charge in [-0.25, -0.2) is 9.13 Å². The summed E-state index contributed by atoms with van der Waals surface area (Å²) in [7, 11) is -10.1. The Morgan fingerprint density at radius 1 is 0.917 bits per heavy atom. The first kappa shape index (κ1) is 23.9. The summed E-state index contributed by atoms with van der Waals surface area (Å²) >= 11 is 0.